The minimum absolute atomic E-state index is 0.0500. The number of hydrogen-bond donors (Lipinski definition) is 2. The number of nitrogens with zero attached hydrogens (tertiary/aromatic N) is 5. The number of benzene rings is 1. The Morgan fingerprint density at radius 2 is 2.17 bits per heavy atom. The monoisotopic (exact) mass is 412 g/mol. The van der Waals surface area contributed by atoms with Crippen molar-refractivity contribution in [3.05, 3.63) is 47.7 Å². The Balaban J connectivity index is 1.70. The molecule has 1 amide bonds. The molecule has 158 valence electrons. The highest BCUT2D eigenvalue weighted by atomic mass is 19.1. The number of rotatable bonds is 4. The van der Waals surface area contributed by atoms with Gasteiger partial charge in [0.2, 0.25) is 0 Å². The average molecular weight is 412 g/mol. The van der Waals surface area contributed by atoms with Gasteiger partial charge in [-0.25, -0.2) is 18.7 Å². The Morgan fingerprint density at radius 3 is 2.90 bits per heavy atom. The molecule has 2 N–H and O–H groups in total. The molecule has 9 heteroatoms. The number of carboxylic acid groups (broad SMARTS) is 1. The van der Waals surface area contributed by atoms with Crippen LogP contribution < -0.4 is 10.2 Å². The van der Waals surface area contributed by atoms with Gasteiger partial charge in [-0.2, -0.15) is 5.10 Å². The Bertz CT molecular complexity index is 1100. The minimum atomic E-state index is -1.14. The lowest BCUT2D eigenvalue weighted by Crippen LogP contribution is -2.50. The van der Waals surface area contributed by atoms with E-state index in [2.05, 4.69) is 39.2 Å². The summed E-state index contributed by atoms with van der Waals surface area (Å²) in [6, 6.07) is 5.82. The first kappa shape index (κ1) is 20.1. The molecular formula is C21H25FN6O2. The lowest BCUT2D eigenvalue weighted by molar-refractivity contribution is 0.194. The lowest BCUT2D eigenvalue weighted by Gasteiger charge is -2.38. The largest absolute Gasteiger partial charge is 0.465 e. The second-order valence-electron chi connectivity index (χ2n) is 7.78. The number of hydrogen-bond acceptors (Lipinski definition) is 5. The first-order chi connectivity index (χ1) is 14.3. The van der Waals surface area contributed by atoms with Crippen molar-refractivity contribution in [1.82, 2.24) is 24.8 Å². The van der Waals surface area contributed by atoms with Crippen LogP contribution >= 0.6 is 0 Å². The first-order valence-electron chi connectivity index (χ1n) is 9.89. The summed E-state index contributed by atoms with van der Waals surface area (Å²) in [5.74, 6) is -0.406. The molecule has 0 radical (unpaired) electrons. The highest BCUT2D eigenvalue weighted by Gasteiger charge is 2.23. The van der Waals surface area contributed by atoms with E-state index in [9.17, 15) is 4.79 Å². The van der Waals surface area contributed by atoms with E-state index in [1.165, 1.54) is 6.33 Å². The molecule has 1 fully saturated rings. The van der Waals surface area contributed by atoms with Crippen LogP contribution in [0.5, 0.6) is 0 Å². The summed E-state index contributed by atoms with van der Waals surface area (Å²) in [6.45, 7) is 6.70. The number of carbonyl (C=O) groups is 1. The maximum Gasteiger partial charge on any atom is 0.404 e. The third-order valence-corrected chi connectivity index (χ3v) is 5.90. The number of anilines is 1. The molecule has 1 unspecified atom stereocenters. The number of likely N-dealkylation sites (N-methyl/N-ethyl adjacent to an activating group) is 1. The van der Waals surface area contributed by atoms with E-state index < -0.39 is 11.9 Å². The Morgan fingerprint density at radius 1 is 1.37 bits per heavy atom. The molecule has 3 heterocycles. The van der Waals surface area contributed by atoms with Crippen LogP contribution in [0.3, 0.4) is 0 Å². The molecule has 1 aliphatic rings. The maximum atomic E-state index is 15.2. The number of halogens is 1. The van der Waals surface area contributed by atoms with Crippen LogP contribution in [0, 0.1) is 12.7 Å². The van der Waals surface area contributed by atoms with Crippen molar-refractivity contribution >= 4 is 17.3 Å². The highest BCUT2D eigenvalue weighted by molar-refractivity contribution is 5.80. The van der Waals surface area contributed by atoms with Crippen molar-refractivity contribution in [2.24, 2.45) is 0 Å². The molecule has 0 saturated carbocycles. The number of fused-ring (bicyclic) bond motifs is 1. The Kier molecular flexibility index (Phi) is 5.29. The van der Waals surface area contributed by atoms with Crippen LogP contribution in [0.4, 0.5) is 14.9 Å². The van der Waals surface area contributed by atoms with Gasteiger partial charge in [0.1, 0.15) is 17.8 Å². The SMILES string of the molecule is Cc1c(CNC(=O)O)ccc(-c2ncnn3cc(N4CCN(C)C(C)C4)cc23)c1F. The molecule has 1 atom stereocenters. The van der Waals surface area contributed by atoms with Gasteiger partial charge >= 0.3 is 6.09 Å². The van der Waals surface area contributed by atoms with Crippen molar-refractivity contribution in [1.29, 1.82) is 0 Å². The van der Waals surface area contributed by atoms with E-state index in [1.807, 2.05) is 12.3 Å². The van der Waals surface area contributed by atoms with Gasteiger partial charge in [0.15, 0.2) is 0 Å². The van der Waals surface area contributed by atoms with Gasteiger partial charge in [-0.05, 0) is 44.2 Å². The van der Waals surface area contributed by atoms with E-state index in [0.29, 0.717) is 28.4 Å². The topological polar surface area (TPSA) is 86.0 Å². The number of aromatic nitrogens is 3. The second kappa shape index (κ2) is 7.91. The Labute approximate surface area is 173 Å². The average Bonchev–Trinajstić information content (AvgIpc) is 3.15. The zero-order chi connectivity index (χ0) is 21.4. The van der Waals surface area contributed by atoms with E-state index in [0.717, 1.165) is 30.8 Å². The van der Waals surface area contributed by atoms with Crippen molar-refractivity contribution < 1.29 is 14.3 Å². The zero-order valence-electron chi connectivity index (χ0n) is 17.3. The summed E-state index contributed by atoms with van der Waals surface area (Å²) in [5.41, 5.74) is 3.64. The summed E-state index contributed by atoms with van der Waals surface area (Å²) in [6.07, 6.45) is 2.23. The summed E-state index contributed by atoms with van der Waals surface area (Å²) >= 11 is 0. The van der Waals surface area contributed by atoms with Gasteiger partial charge in [0.05, 0.1) is 17.4 Å². The zero-order valence-corrected chi connectivity index (χ0v) is 17.3. The van der Waals surface area contributed by atoms with Crippen molar-refractivity contribution in [3.63, 3.8) is 0 Å². The lowest BCUT2D eigenvalue weighted by atomic mass is 10.0. The molecule has 0 aliphatic carbocycles. The van der Waals surface area contributed by atoms with E-state index in [1.54, 1.807) is 23.6 Å². The predicted octanol–water partition coefficient (Wildman–Crippen LogP) is 2.75. The molecule has 0 spiro atoms. The van der Waals surface area contributed by atoms with Crippen LogP contribution in [0.15, 0.2) is 30.7 Å². The number of amides is 1. The molecule has 4 rings (SSSR count). The second-order valence-corrected chi connectivity index (χ2v) is 7.78. The minimum Gasteiger partial charge on any atom is -0.465 e. The fourth-order valence-electron chi connectivity index (χ4n) is 3.85. The van der Waals surface area contributed by atoms with Gasteiger partial charge in [-0.15, -0.1) is 0 Å². The van der Waals surface area contributed by atoms with Crippen molar-refractivity contribution in [3.8, 4) is 11.3 Å². The first-order valence-corrected chi connectivity index (χ1v) is 9.89. The molecule has 30 heavy (non-hydrogen) atoms. The van der Waals surface area contributed by atoms with Gasteiger partial charge in [-0.3, -0.25) is 0 Å². The van der Waals surface area contributed by atoms with Crippen LogP contribution in [0.2, 0.25) is 0 Å². The van der Waals surface area contributed by atoms with Gasteiger partial charge in [0, 0.05) is 37.8 Å². The third-order valence-electron chi connectivity index (χ3n) is 5.90. The highest BCUT2D eigenvalue weighted by Crippen LogP contribution is 2.31. The molecule has 8 nitrogen and oxygen atoms in total. The molecule has 3 aromatic rings. The van der Waals surface area contributed by atoms with Gasteiger partial charge in [0.25, 0.3) is 0 Å². The van der Waals surface area contributed by atoms with Crippen LogP contribution in [-0.2, 0) is 6.54 Å². The molecule has 0 bridgehead atoms. The van der Waals surface area contributed by atoms with Crippen LogP contribution in [0.25, 0.3) is 16.8 Å². The molecule has 1 aliphatic heterocycles. The van der Waals surface area contributed by atoms with E-state index in [-0.39, 0.29) is 6.54 Å². The van der Waals surface area contributed by atoms with Crippen LogP contribution in [-0.4, -0.2) is 63.4 Å². The fourth-order valence-corrected chi connectivity index (χ4v) is 3.85. The van der Waals surface area contributed by atoms with Gasteiger partial charge < -0.3 is 20.2 Å². The normalized spacial score (nSPS) is 17.5. The van der Waals surface area contributed by atoms with E-state index in [4.69, 9.17) is 5.11 Å². The summed E-state index contributed by atoms with van der Waals surface area (Å²) in [7, 11) is 2.13. The molecule has 1 saturated heterocycles. The Hall–Kier alpha value is -3.20. The molecule has 2 aromatic heterocycles. The fraction of sp³-hybridized carbons (Fsp3) is 0.381. The van der Waals surface area contributed by atoms with Crippen LogP contribution in [0.1, 0.15) is 18.1 Å². The summed E-state index contributed by atoms with van der Waals surface area (Å²) in [4.78, 5) is 19.7. The van der Waals surface area contributed by atoms with E-state index >= 15 is 4.39 Å². The summed E-state index contributed by atoms with van der Waals surface area (Å²) in [5, 5.41) is 15.4. The van der Waals surface area contributed by atoms with Gasteiger partial charge in [-0.1, -0.05) is 6.07 Å². The van der Waals surface area contributed by atoms with Crippen molar-refractivity contribution in [2.45, 2.75) is 26.4 Å². The number of nitrogens with one attached hydrogen (secondary N) is 1. The molecular weight excluding hydrogens is 387 g/mol. The number of piperazine rings is 1. The quantitative estimate of drug-likeness (QED) is 0.685. The summed E-state index contributed by atoms with van der Waals surface area (Å²) < 4.78 is 16.9. The van der Waals surface area contributed by atoms with Crippen molar-refractivity contribution in [2.75, 3.05) is 31.6 Å². The predicted molar refractivity (Wildman–Crippen MR) is 112 cm³/mol. The third kappa shape index (κ3) is 3.68. The maximum absolute atomic E-state index is 15.2. The standard InChI is InChI=1S/C21H25FN6O2/c1-13-10-27(7-6-26(13)3)16-8-18-20(24-12-25-28(18)11-16)17-5-4-15(9-23-21(29)30)14(2)19(17)22/h4-5,8,11-13,23H,6-7,9-10H2,1-3H3,(H,29,30). The smallest absolute Gasteiger partial charge is 0.404 e. The molecule has 1 aromatic carbocycles.